The molecule has 0 fully saturated rings. The van der Waals surface area contributed by atoms with Crippen molar-refractivity contribution in [3.05, 3.63) is 65.2 Å². The molecule has 2 N–H and O–H groups in total. The molecule has 0 saturated heterocycles. The van der Waals surface area contributed by atoms with Gasteiger partial charge < -0.3 is 5.11 Å². The molecule has 0 saturated carbocycles. The molecule has 0 bridgehead atoms. The van der Waals surface area contributed by atoms with Crippen LogP contribution in [0.15, 0.2) is 53.4 Å². The van der Waals surface area contributed by atoms with Gasteiger partial charge in [0.1, 0.15) is 5.75 Å². The molecule has 22 heavy (non-hydrogen) atoms. The summed E-state index contributed by atoms with van der Waals surface area (Å²) >= 11 is 0. The predicted octanol–water partition coefficient (Wildman–Crippen LogP) is 3.16. The summed E-state index contributed by atoms with van der Waals surface area (Å²) in [6.45, 7) is 1.91. The summed E-state index contributed by atoms with van der Waals surface area (Å²) in [4.78, 5) is 0.228. The van der Waals surface area contributed by atoms with E-state index in [2.05, 4.69) is 4.72 Å². The van der Waals surface area contributed by atoms with Crippen LogP contribution in [-0.4, -0.2) is 13.5 Å². The van der Waals surface area contributed by atoms with Crippen molar-refractivity contribution in [1.82, 2.24) is 0 Å². The third kappa shape index (κ3) is 2.72. The molecule has 1 aliphatic carbocycles. The molecule has 0 spiro atoms. The smallest absolute Gasteiger partial charge is 0.261 e. The molecule has 114 valence electrons. The van der Waals surface area contributed by atoms with Crippen molar-refractivity contribution >= 4 is 15.7 Å². The number of rotatable bonds is 3. The lowest BCUT2D eigenvalue weighted by molar-refractivity contribution is 0.468. The quantitative estimate of drug-likeness (QED) is 0.675. The van der Waals surface area contributed by atoms with Crippen LogP contribution in [-0.2, 0) is 22.9 Å². The maximum absolute atomic E-state index is 12.5. The van der Waals surface area contributed by atoms with Crippen molar-refractivity contribution in [2.75, 3.05) is 4.72 Å². The Morgan fingerprint density at radius 3 is 2.27 bits per heavy atom. The third-order valence-electron chi connectivity index (χ3n) is 3.79. The van der Waals surface area contributed by atoms with Crippen molar-refractivity contribution in [3.8, 4) is 5.75 Å². The number of hydrogen-bond donors (Lipinski definition) is 2. The lowest BCUT2D eigenvalue weighted by atomic mass is 9.94. The summed E-state index contributed by atoms with van der Waals surface area (Å²) in [5.74, 6) is 0.206. The monoisotopic (exact) mass is 315 g/mol. The van der Waals surface area contributed by atoms with Crippen LogP contribution in [0.3, 0.4) is 0 Å². The van der Waals surface area contributed by atoms with Crippen LogP contribution in [0, 0.1) is 6.92 Å². The number of phenolic OH excluding ortho intramolecular Hbond substituents is 1. The number of anilines is 1. The van der Waals surface area contributed by atoms with Crippen LogP contribution in [0.4, 0.5) is 5.69 Å². The SMILES string of the molecule is Cc1ccc(S(=O)(=O)Nc2ccc(O)c3c2CC=CC3)cc1. The van der Waals surface area contributed by atoms with Gasteiger partial charge in [-0.15, -0.1) is 0 Å². The maximum atomic E-state index is 12.5. The minimum atomic E-state index is -3.63. The highest BCUT2D eigenvalue weighted by Crippen LogP contribution is 2.33. The largest absolute Gasteiger partial charge is 0.508 e. The zero-order valence-electron chi connectivity index (χ0n) is 12.2. The van der Waals surface area contributed by atoms with E-state index in [1.165, 1.54) is 6.07 Å². The van der Waals surface area contributed by atoms with Gasteiger partial charge in [-0.3, -0.25) is 4.72 Å². The number of benzene rings is 2. The molecule has 0 radical (unpaired) electrons. The second-order valence-corrected chi connectivity index (χ2v) is 7.07. The average molecular weight is 315 g/mol. The van der Waals surface area contributed by atoms with Gasteiger partial charge >= 0.3 is 0 Å². The Morgan fingerprint density at radius 2 is 1.59 bits per heavy atom. The first kappa shape index (κ1) is 14.7. The fourth-order valence-corrected chi connectivity index (χ4v) is 3.65. The second kappa shape index (κ2) is 5.50. The summed E-state index contributed by atoms with van der Waals surface area (Å²) in [5, 5.41) is 9.92. The zero-order chi connectivity index (χ0) is 15.7. The van der Waals surface area contributed by atoms with Crippen LogP contribution >= 0.6 is 0 Å². The highest BCUT2D eigenvalue weighted by molar-refractivity contribution is 7.92. The molecular formula is C17H17NO3S. The van der Waals surface area contributed by atoms with Gasteiger partial charge in [0.15, 0.2) is 0 Å². The lowest BCUT2D eigenvalue weighted by Gasteiger charge is -2.18. The van der Waals surface area contributed by atoms with Crippen molar-refractivity contribution < 1.29 is 13.5 Å². The normalized spacial score (nSPS) is 13.7. The molecule has 0 heterocycles. The number of aromatic hydroxyl groups is 1. The topological polar surface area (TPSA) is 66.4 Å². The number of fused-ring (bicyclic) bond motifs is 1. The van der Waals surface area contributed by atoms with Gasteiger partial charge in [0, 0.05) is 5.56 Å². The first-order valence-corrected chi connectivity index (χ1v) is 8.54. The Morgan fingerprint density at radius 1 is 0.955 bits per heavy atom. The van der Waals surface area contributed by atoms with Gasteiger partial charge in [-0.2, -0.15) is 0 Å². The van der Waals surface area contributed by atoms with E-state index >= 15 is 0 Å². The van der Waals surface area contributed by atoms with Crippen LogP contribution in [0.1, 0.15) is 16.7 Å². The third-order valence-corrected chi connectivity index (χ3v) is 5.17. The number of phenols is 1. The van der Waals surface area contributed by atoms with Crippen molar-refractivity contribution in [2.45, 2.75) is 24.7 Å². The predicted molar refractivity (Wildman–Crippen MR) is 86.6 cm³/mol. The Labute approximate surface area is 130 Å². The van der Waals surface area contributed by atoms with Gasteiger partial charge in [-0.1, -0.05) is 29.8 Å². The highest BCUT2D eigenvalue weighted by atomic mass is 32.2. The molecule has 1 aliphatic rings. The Kier molecular flexibility index (Phi) is 3.66. The van der Waals surface area contributed by atoms with Crippen molar-refractivity contribution in [1.29, 1.82) is 0 Å². The number of sulfonamides is 1. The molecule has 0 atom stereocenters. The average Bonchev–Trinajstić information content (AvgIpc) is 2.51. The molecule has 0 aliphatic heterocycles. The van der Waals surface area contributed by atoms with E-state index in [9.17, 15) is 13.5 Å². The van der Waals surface area contributed by atoms with Crippen LogP contribution in [0.5, 0.6) is 5.75 Å². The minimum absolute atomic E-state index is 0.206. The number of nitrogens with one attached hydrogen (secondary N) is 1. The molecule has 0 unspecified atom stereocenters. The standard InChI is InChI=1S/C17H17NO3S/c1-12-6-8-13(9-7-12)22(20,21)18-16-10-11-17(19)15-5-3-2-4-14(15)16/h2-3,6-11,18-19H,4-5H2,1H3. The van der Waals surface area contributed by atoms with E-state index in [0.29, 0.717) is 18.5 Å². The molecule has 2 aromatic carbocycles. The molecule has 3 rings (SSSR count). The summed E-state index contributed by atoms with van der Waals surface area (Å²) in [6.07, 6.45) is 5.17. The molecule has 5 heteroatoms. The van der Waals surface area contributed by atoms with E-state index in [0.717, 1.165) is 16.7 Å². The second-order valence-electron chi connectivity index (χ2n) is 5.39. The van der Waals surface area contributed by atoms with Gasteiger partial charge in [0.25, 0.3) is 10.0 Å². The minimum Gasteiger partial charge on any atom is -0.508 e. The summed E-state index contributed by atoms with van der Waals surface area (Å²) in [5.41, 5.74) is 3.15. The van der Waals surface area contributed by atoms with Crippen LogP contribution in [0.25, 0.3) is 0 Å². The Balaban J connectivity index is 1.98. The van der Waals surface area contributed by atoms with E-state index in [4.69, 9.17) is 0 Å². The van der Waals surface area contributed by atoms with E-state index < -0.39 is 10.0 Å². The number of aryl methyl sites for hydroxylation is 1. The van der Waals surface area contributed by atoms with Crippen LogP contribution in [0.2, 0.25) is 0 Å². The van der Waals surface area contributed by atoms with Gasteiger partial charge in [-0.05, 0) is 49.6 Å². The zero-order valence-corrected chi connectivity index (χ0v) is 13.0. The first-order chi connectivity index (χ1) is 10.5. The highest BCUT2D eigenvalue weighted by Gasteiger charge is 2.19. The fraction of sp³-hybridized carbons (Fsp3) is 0.176. The van der Waals surface area contributed by atoms with Crippen molar-refractivity contribution in [3.63, 3.8) is 0 Å². The van der Waals surface area contributed by atoms with Gasteiger partial charge in [-0.25, -0.2) is 8.42 Å². The van der Waals surface area contributed by atoms with Gasteiger partial charge in [0.05, 0.1) is 10.6 Å². The van der Waals surface area contributed by atoms with E-state index in [1.54, 1.807) is 30.3 Å². The number of allylic oxidation sites excluding steroid dienone is 2. The van der Waals surface area contributed by atoms with Gasteiger partial charge in [0.2, 0.25) is 0 Å². The van der Waals surface area contributed by atoms with E-state index in [-0.39, 0.29) is 10.6 Å². The summed E-state index contributed by atoms with van der Waals surface area (Å²) in [7, 11) is -3.63. The Bertz CT molecular complexity index is 837. The molecule has 0 amide bonds. The molecule has 0 aromatic heterocycles. The lowest BCUT2D eigenvalue weighted by Crippen LogP contribution is -2.15. The summed E-state index contributed by atoms with van der Waals surface area (Å²) in [6, 6.07) is 9.85. The molecular weight excluding hydrogens is 298 g/mol. The first-order valence-electron chi connectivity index (χ1n) is 7.05. The number of hydrogen-bond acceptors (Lipinski definition) is 3. The maximum Gasteiger partial charge on any atom is 0.261 e. The Hall–Kier alpha value is -2.27. The van der Waals surface area contributed by atoms with Crippen molar-refractivity contribution in [2.24, 2.45) is 0 Å². The van der Waals surface area contributed by atoms with Crippen LogP contribution < -0.4 is 4.72 Å². The molecule has 2 aromatic rings. The molecule has 4 nitrogen and oxygen atoms in total. The summed E-state index contributed by atoms with van der Waals surface area (Å²) < 4.78 is 27.6. The fourth-order valence-electron chi connectivity index (χ4n) is 2.56. The van der Waals surface area contributed by atoms with E-state index in [1.807, 2.05) is 19.1 Å².